The van der Waals surface area contributed by atoms with Crippen LogP contribution < -0.4 is 5.73 Å². The van der Waals surface area contributed by atoms with Crippen molar-refractivity contribution >= 4 is 45.6 Å². The van der Waals surface area contributed by atoms with Crippen molar-refractivity contribution in [1.82, 2.24) is 4.31 Å². The van der Waals surface area contributed by atoms with Gasteiger partial charge in [-0.1, -0.05) is 30.1 Å². The first-order valence-corrected chi connectivity index (χ1v) is 8.74. The summed E-state index contributed by atoms with van der Waals surface area (Å²) < 4.78 is 27.0. The van der Waals surface area contributed by atoms with Gasteiger partial charge < -0.3 is 5.73 Å². The second-order valence-electron chi connectivity index (χ2n) is 5.14. The Bertz CT molecular complexity index is 575. The van der Waals surface area contributed by atoms with Gasteiger partial charge >= 0.3 is 0 Å². The smallest absolute Gasteiger partial charge is 0.243 e. The lowest BCUT2D eigenvalue weighted by molar-refractivity contribution is 0.192. The fourth-order valence-electron chi connectivity index (χ4n) is 2.67. The van der Waals surface area contributed by atoms with Gasteiger partial charge in [0.15, 0.2) is 0 Å². The van der Waals surface area contributed by atoms with Crippen LogP contribution in [0.15, 0.2) is 23.1 Å². The summed E-state index contributed by atoms with van der Waals surface area (Å²) in [5, 5.41) is 0.621. The topological polar surface area (TPSA) is 63.4 Å². The van der Waals surface area contributed by atoms with Crippen molar-refractivity contribution in [3.05, 3.63) is 28.2 Å². The molecule has 4 nitrogen and oxygen atoms in total. The highest BCUT2D eigenvalue weighted by Crippen LogP contribution is 2.31. The molecule has 1 saturated heterocycles. The predicted octanol–water partition coefficient (Wildman–Crippen LogP) is 3.16. The average molecular weight is 374 g/mol. The first kappa shape index (κ1) is 19.0. The van der Waals surface area contributed by atoms with E-state index in [9.17, 15) is 8.42 Å². The summed E-state index contributed by atoms with van der Waals surface area (Å²) in [5.74, 6) is 0.248. The molecule has 2 atom stereocenters. The summed E-state index contributed by atoms with van der Waals surface area (Å²) in [7, 11) is -3.62. The van der Waals surface area contributed by atoms with E-state index in [1.54, 1.807) is 0 Å². The molecule has 1 fully saturated rings. The van der Waals surface area contributed by atoms with Gasteiger partial charge in [-0.05, 0) is 37.0 Å². The van der Waals surface area contributed by atoms with Crippen LogP contribution in [0, 0.1) is 5.92 Å². The molecular formula is C13H19Cl3N2O2S. The minimum Gasteiger partial charge on any atom is -0.329 e. The Labute approximate surface area is 142 Å². The lowest BCUT2D eigenvalue weighted by Gasteiger charge is -2.38. The minimum atomic E-state index is -3.62. The molecule has 0 saturated carbocycles. The van der Waals surface area contributed by atoms with E-state index in [0.717, 1.165) is 12.8 Å². The molecule has 2 unspecified atom stereocenters. The largest absolute Gasteiger partial charge is 0.329 e. The van der Waals surface area contributed by atoms with Gasteiger partial charge in [-0.25, -0.2) is 8.42 Å². The predicted molar refractivity (Wildman–Crippen MR) is 88.8 cm³/mol. The number of hydrogen-bond donors (Lipinski definition) is 1. The Hall–Kier alpha value is -0.0400. The van der Waals surface area contributed by atoms with Crippen LogP contribution in [0.4, 0.5) is 0 Å². The maximum Gasteiger partial charge on any atom is 0.243 e. The summed E-state index contributed by atoms with van der Waals surface area (Å²) >= 11 is 11.8. The van der Waals surface area contributed by atoms with Crippen LogP contribution in [-0.4, -0.2) is 31.9 Å². The van der Waals surface area contributed by atoms with Gasteiger partial charge in [0.25, 0.3) is 0 Å². The van der Waals surface area contributed by atoms with E-state index >= 15 is 0 Å². The zero-order valence-corrected chi connectivity index (χ0v) is 14.8. The monoisotopic (exact) mass is 372 g/mol. The van der Waals surface area contributed by atoms with Crippen molar-refractivity contribution in [3.8, 4) is 0 Å². The zero-order valence-electron chi connectivity index (χ0n) is 11.6. The molecule has 0 amide bonds. The molecule has 0 radical (unpaired) electrons. The van der Waals surface area contributed by atoms with Crippen LogP contribution >= 0.6 is 35.6 Å². The quantitative estimate of drug-likeness (QED) is 0.885. The average Bonchev–Trinajstić information content (AvgIpc) is 2.37. The summed E-state index contributed by atoms with van der Waals surface area (Å²) in [6, 6.07) is 4.19. The first-order chi connectivity index (χ1) is 9.36. The number of benzene rings is 1. The standard InChI is InChI=1S/C13H18Cl2N2O2S.ClH/c1-9-3-2-4-17(13(9)8-16)20(18,19)12-6-10(14)5-11(15)7-12;/h5-7,9,13H,2-4,8,16H2,1H3;1H. The number of piperidine rings is 1. The molecule has 1 aliphatic rings. The maximum absolute atomic E-state index is 12.8. The van der Waals surface area contributed by atoms with Crippen LogP contribution in [-0.2, 0) is 10.0 Å². The van der Waals surface area contributed by atoms with E-state index in [0.29, 0.717) is 23.1 Å². The number of sulfonamides is 1. The van der Waals surface area contributed by atoms with Gasteiger partial charge in [0.1, 0.15) is 0 Å². The van der Waals surface area contributed by atoms with E-state index < -0.39 is 10.0 Å². The maximum atomic E-state index is 12.8. The van der Waals surface area contributed by atoms with Gasteiger partial charge in [-0.15, -0.1) is 12.4 Å². The molecule has 120 valence electrons. The third kappa shape index (κ3) is 4.03. The van der Waals surface area contributed by atoms with E-state index in [4.69, 9.17) is 28.9 Å². The van der Waals surface area contributed by atoms with Gasteiger partial charge in [0.05, 0.1) is 4.90 Å². The molecule has 8 heteroatoms. The van der Waals surface area contributed by atoms with Gasteiger partial charge in [-0.3, -0.25) is 0 Å². The SMILES string of the molecule is CC1CCCN(S(=O)(=O)c2cc(Cl)cc(Cl)c2)C1CN.Cl. The van der Waals surface area contributed by atoms with Crippen molar-refractivity contribution < 1.29 is 8.42 Å². The van der Waals surface area contributed by atoms with E-state index in [2.05, 4.69) is 0 Å². The molecule has 1 heterocycles. The van der Waals surface area contributed by atoms with E-state index in [1.165, 1.54) is 22.5 Å². The number of nitrogens with two attached hydrogens (primary N) is 1. The Balaban J connectivity index is 0.00000220. The van der Waals surface area contributed by atoms with Gasteiger partial charge in [0.2, 0.25) is 10.0 Å². The fourth-order valence-corrected chi connectivity index (χ4v) is 5.17. The van der Waals surface area contributed by atoms with Crippen LogP contribution in [0.5, 0.6) is 0 Å². The summed E-state index contributed by atoms with van der Waals surface area (Å²) in [6.45, 7) is 2.83. The highest BCUT2D eigenvalue weighted by Gasteiger charge is 2.36. The molecule has 0 aromatic heterocycles. The highest BCUT2D eigenvalue weighted by atomic mass is 35.5. The zero-order chi connectivity index (χ0) is 14.9. The molecule has 2 rings (SSSR count). The summed E-state index contributed by atoms with van der Waals surface area (Å²) in [6.07, 6.45) is 1.83. The van der Waals surface area contributed by atoms with Crippen molar-refractivity contribution in [2.75, 3.05) is 13.1 Å². The van der Waals surface area contributed by atoms with E-state index in [-0.39, 0.29) is 29.3 Å². The van der Waals surface area contributed by atoms with E-state index in [1.807, 2.05) is 6.92 Å². The van der Waals surface area contributed by atoms with Crippen molar-refractivity contribution in [1.29, 1.82) is 0 Å². The van der Waals surface area contributed by atoms with Crippen LogP contribution in [0.2, 0.25) is 10.0 Å². The Morgan fingerprint density at radius 3 is 2.38 bits per heavy atom. The third-order valence-corrected chi connectivity index (χ3v) is 6.09. The summed E-state index contributed by atoms with van der Waals surface area (Å²) in [4.78, 5) is 0.127. The number of hydrogen-bond acceptors (Lipinski definition) is 3. The van der Waals surface area contributed by atoms with Crippen molar-refractivity contribution in [2.45, 2.75) is 30.7 Å². The Morgan fingerprint density at radius 1 is 1.29 bits per heavy atom. The molecule has 1 aromatic carbocycles. The molecule has 1 aliphatic heterocycles. The molecular weight excluding hydrogens is 355 g/mol. The number of nitrogens with zero attached hydrogens (tertiary/aromatic N) is 1. The summed E-state index contributed by atoms with van der Waals surface area (Å²) in [5.41, 5.74) is 5.76. The van der Waals surface area contributed by atoms with Crippen LogP contribution in [0.25, 0.3) is 0 Å². The molecule has 1 aromatic rings. The lowest BCUT2D eigenvalue weighted by atomic mass is 9.93. The van der Waals surface area contributed by atoms with Crippen LogP contribution in [0.3, 0.4) is 0 Å². The second-order valence-corrected chi connectivity index (χ2v) is 7.91. The first-order valence-electron chi connectivity index (χ1n) is 6.54. The molecule has 0 bridgehead atoms. The molecule has 21 heavy (non-hydrogen) atoms. The lowest BCUT2D eigenvalue weighted by Crippen LogP contribution is -2.51. The van der Waals surface area contributed by atoms with Crippen molar-refractivity contribution in [3.63, 3.8) is 0 Å². The number of halogens is 3. The van der Waals surface area contributed by atoms with Gasteiger partial charge in [-0.2, -0.15) is 4.31 Å². The number of rotatable bonds is 3. The molecule has 2 N–H and O–H groups in total. The normalized spacial score (nSPS) is 23.6. The Kier molecular flexibility index (Phi) is 6.78. The molecule has 0 spiro atoms. The fraction of sp³-hybridized carbons (Fsp3) is 0.538. The van der Waals surface area contributed by atoms with Crippen LogP contribution in [0.1, 0.15) is 19.8 Å². The van der Waals surface area contributed by atoms with Gasteiger partial charge in [0, 0.05) is 29.2 Å². The molecule has 0 aliphatic carbocycles. The second kappa shape index (κ2) is 7.49. The minimum absolute atomic E-state index is 0. The third-order valence-electron chi connectivity index (χ3n) is 3.75. The Morgan fingerprint density at radius 2 is 1.86 bits per heavy atom. The van der Waals surface area contributed by atoms with Crippen molar-refractivity contribution in [2.24, 2.45) is 11.7 Å². The highest BCUT2D eigenvalue weighted by molar-refractivity contribution is 7.89.